The third kappa shape index (κ3) is 3.38. The molecule has 1 atom stereocenters. The zero-order valence-corrected chi connectivity index (χ0v) is 12.9. The summed E-state index contributed by atoms with van der Waals surface area (Å²) >= 11 is 0. The van der Waals surface area contributed by atoms with Gasteiger partial charge in [-0.05, 0) is 25.7 Å². The second kappa shape index (κ2) is 6.68. The molecule has 1 fully saturated rings. The Morgan fingerprint density at radius 1 is 1.30 bits per heavy atom. The first-order valence-corrected chi connectivity index (χ1v) is 7.80. The number of hydrogen-bond acceptors (Lipinski definition) is 5. The Balaban J connectivity index is 2.12. The average Bonchev–Trinajstić information content (AvgIpc) is 2.89. The van der Waals surface area contributed by atoms with E-state index in [0.717, 1.165) is 25.7 Å². The summed E-state index contributed by atoms with van der Waals surface area (Å²) in [6.45, 7) is 6.90. The van der Waals surface area contributed by atoms with Crippen LogP contribution in [0.25, 0.3) is 0 Å². The van der Waals surface area contributed by atoms with Crippen LogP contribution >= 0.6 is 0 Å². The van der Waals surface area contributed by atoms with Crippen LogP contribution in [-0.2, 0) is 16.8 Å². The topological polar surface area (TPSA) is 74.2 Å². The maximum absolute atomic E-state index is 6.07. The van der Waals surface area contributed by atoms with Crippen molar-refractivity contribution >= 4 is 0 Å². The number of ether oxygens (including phenoxy) is 1. The van der Waals surface area contributed by atoms with Crippen molar-refractivity contribution in [2.75, 3.05) is 6.61 Å². The molecule has 5 nitrogen and oxygen atoms in total. The van der Waals surface area contributed by atoms with Gasteiger partial charge >= 0.3 is 0 Å². The normalized spacial score (nSPS) is 20.2. The Labute approximate surface area is 121 Å². The maximum atomic E-state index is 6.07. The molecule has 20 heavy (non-hydrogen) atoms. The predicted octanol–water partition coefficient (Wildman–Crippen LogP) is 2.79. The van der Waals surface area contributed by atoms with E-state index < -0.39 is 0 Å². The number of aromatic nitrogens is 2. The van der Waals surface area contributed by atoms with Crippen LogP contribution in [0.3, 0.4) is 0 Å². The number of nitrogens with zero attached hydrogens (tertiary/aromatic N) is 2. The summed E-state index contributed by atoms with van der Waals surface area (Å²) in [6, 6.07) is 0.0534. The van der Waals surface area contributed by atoms with Crippen molar-refractivity contribution in [2.24, 2.45) is 11.7 Å². The molecule has 0 radical (unpaired) electrons. The summed E-state index contributed by atoms with van der Waals surface area (Å²) in [6.07, 6.45) is 6.18. The zero-order chi connectivity index (χ0) is 14.6. The third-order valence-corrected chi connectivity index (χ3v) is 4.22. The molecule has 1 aromatic rings. The molecule has 0 saturated heterocycles. The van der Waals surface area contributed by atoms with Gasteiger partial charge in [-0.15, -0.1) is 0 Å². The summed E-state index contributed by atoms with van der Waals surface area (Å²) in [5.41, 5.74) is 5.73. The minimum Gasteiger partial charge on any atom is -0.367 e. The van der Waals surface area contributed by atoms with Crippen molar-refractivity contribution in [1.82, 2.24) is 10.1 Å². The SMILES string of the molecule is CCOC1(c2noc(CC(N)C(C)C)n2)CCCCC1. The lowest BCUT2D eigenvalue weighted by atomic mass is 9.84. The van der Waals surface area contributed by atoms with Crippen molar-refractivity contribution in [2.45, 2.75) is 70.9 Å². The second-order valence-electron chi connectivity index (χ2n) is 6.11. The zero-order valence-electron chi connectivity index (χ0n) is 12.9. The minimum absolute atomic E-state index is 0.0534. The lowest BCUT2D eigenvalue weighted by molar-refractivity contribution is -0.0777. The van der Waals surface area contributed by atoms with Crippen LogP contribution in [0.4, 0.5) is 0 Å². The van der Waals surface area contributed by atoms with E-state index in [9.17, 15) is 0 Å². The van der Waals surface area contributed by atoms with Gasteiger partial charge in [-0.3, -0.25) is 0 Å². The van der Waals surface area contributed by atoms with E-state index in [1.54, 1.807) is 0 Å². The third-order valence-electron chi connectivity index (χ3n) is 4.22. The highest BCUT2D eigenvalue weighted by molar-refractivity contribution is 5.04. The van der Waals surface area contributed by atoms with Gasteiger partial charge in [0.25, 0.3) is 0 Å². The Bertz CT molecular complexity index is 405. The van der Waals surface area contributed by atoms with Crippen LogP contribution in [-0.4, -0.2) is 22.8 Å². The van der Waals surface area contributed by atoms with Crippen LogP contribution in [0.5, 0.6) is 0 Å². The first-order chi connectivity index (χ1) is 9.57. The highest BCUT2D eigenvalue weighted by Gasteiger charge is 2.39. The van der Waals surface area contributed by atoms with E-state index in [4.69, 9.17) is 15.0 Å². The fraction of sp³-hybridized carbons (Fsp3) is 0.867. The quantitative estimate of drug-likeness (QED) is 0.868. The Kier molecular flexibility index (Phi) is 5.16. The van der Waals surface area contributed by atoms with E-state index in [2.05, 4.69) is 24.0 Å². The predicted molar refractivity (Wildman–Crippen MR) is 77.2 cm³/mol. The summed E-state index contributed by atoms with van der Waals surface area (Å²) in [5, 5.41) is 4.18. The van der Waals surface area contributed by atoms with Crippen LogP contribution in [0.1, 0.15) is 64.6 Å². The lowest BCUT2D eigenvalue weighted by Gasteiger charge is -2.33. The van der Waals surface area contributed by atoms with Crippen molar-refractivity contribution in [1.29, 1.82) is 0 Å². The Morgan fingerprint density at radius 3 is 2.60 bits per heavy atom. The highest BCUT2D eigenvalue weighted by atomic mass is 16.5. The summed E-state index contributed by atoms with van der Waals surface area (Å²) < 4.78 is 11.4. The Morgan fingerprint density at radius 2 is 2.00 bits per heavy atom. The first-order valence-electron chi connectivity index (χ1n) is 7.80. The van der Waals surface area contributed by atoms with E-state index in [-0.39, 0.29) is 11.6 Å². The molecule has 0 aromatic carbocycles. The molecule has 1 unspecified atom stereocenters. The molecule has 2 N–H and O–H groups in total. The highest BCUT2D eigenvalue weighted by Crippen LogP contribution is 2.39. The Hall–Kier alpha value is -0.940. The number of rotatable bonds is 6. The van der Waals surface area contributed by atoms with Gasteiger partial charge < -0.3 is 15.0 Å². The standard InChI is InChI=1S/C15H27N3O2/c1-4-19-15(8-6-5-7-9-15)14-17-13(20-18-14)10-12(16)11(2)3/h11-12H,4-10,16H2,1-3H3. The fourth-order valence-corrected chi connectivity index (χ4v) is 2.79. The van der Waals surface area contributed by atoms with Crippen molar-refractivity contribution < 1.29 is 9.26 Å². The molecule has 114 valence electrons. The average molecular weight is 281 g/mol. The van der Waals surface area contributed by atoms with E-state index >= 15 is 0 Å². The van der Waals surface area contributed by atoms with Gasteiger partial charge in [0.1, 0.15) is 5.60 Å². The summed E-state index contributed by atoms with van der Waals surface area (Å²) in [5.74, 6) is 1.75. The van der Waals surface area contributed by atoms with E-state index in [1.165, 1.54) is 6.42 Å². The van der Waals surface area contributed by atoms with Gasteiger partial charge in [0.15, 0.2) is 0 Å². The first kappa shape index (κ1) is 15.4. The second-order valence-corrected chi connectivity index (χ2v) is 6.11. The van der Waals surface area contributed by atoms with Gasteiger partial charge in [-0.25, -0.2) is 0 Å². The molecule has 1 aliphatic carbocycles. The molecule has 1 aliphatic rings. The molecule has 1 heterocycles. The molecule has 2 rings (SSSR count). The molecule has 5 heteroatoms. The monoisotopic (exact) mass is 281 g/mol. The van der Waals surface area contributed by atoms with Crippen molar-refractivity contribution in [3.63, 3.8) is 0 Å². The number of nitrogens with two attached hydrogens (primary N) is 1. The van der Waals surface area contributed by atoms with Crippen LogP contribution in [0.15, 0.2) is 4.52 Å². The maximum Gasteiger partial charge on any atom is 0.228 e. The van der Waals surface area contributed by atoms with Crippen LogP contribution in [0, 0.1) is 5.92 Å². The van der Waals surface area contributed by atoms with Gasteiger partial charge in [0.2, 0.25) is 11.7 Å². The van der Waals surface area contributed by atoms with Crippen molar-refractivity contribution in [3.8, 4) is 0 Å². The van der Waals surface area contributed by atoms with Gasteiger partial charge in [-0.2, -0.15) is 4.98 Å². The smallest absolute Gasteiger partial charge is 0.228 e. The van der Waals surface area contributed by atoms with Gasteiger partial charge in [-0.1, -0.05) is 38.3 Å². The largest absolute Gasteiger partial charge is 0.367 e. The molecule has 0 bridgehead atoms. The van der Waals surface area contributed by atoms with E-state index in [0.29, 0.717) is 30.7 Å². The number of hydrogen-bond donors (Lipinski definition) is 1. The molecule has 0 aliphatic heterocycles. The molecular weight excluding hydrogens is 254 g/mol. The van der Waals surface area contributed by atoms with E-state index in [1.807, 2.05) is 6.92 Å². The summed E-state index contributed by atoms with van der Waals surface area (Å²) in [4.78, 5) is 4.56. The molecule has 0 spiro atoms. The molecule has 1 aromatic heterocycles. The van der Waals surface area contributed by atoms with Gasteiger partial charge in [0.05, 0.1) is 0 Å². The molecule has 1 saturated carbocycles. The van der Waals surface area contributed by atoms with Crippen LogP contribution < -0.4 is 5.73 Å². The minimum atomic E-state index is -0.337. The van der Waals surface area contributed by atoms with Crippen molar-refractivity contribution in [3.05, 3.63) is 11.7 Å². The lowest BCUT2D eigenvalue weighted by Crippen LogP contribution is -2.34. The summed E-state index contributed by atoms with van der Waals surface area (Å²) in [7, 11) is 0. The van der Waals surface area contributed by atoms with Gasteiger partial charge in [0, 0.05) is 19.1 Å². The molecular formula is C15H27N3O2. The fourth-order valence-electron chi connectivity index (χ4n) is 2.79. The molecule has 0 amide bonds. The van der Waals surface area contributed by atoms with Crippen LogP contribution in [0.2, 0.25) is 0 Å².